The van der Waals surface area contributed by atoms with E-state index in [1.807, 2.05) is 0 Å². The number of hydrazine groups is 1. The van der Waals surface area contributed by atoms with Crippen LogP contribution in [0.1, 0.15) is 58.8 Å². The lowest BCUT2D eigenvalue weighted by molar-refractivity contribution is 0.218. The first kappa shape index (κ1) is 12.4. The highest BCUT2D eigenvalue weighted by atomic mass is 15.2. The summed E-state index contributed by atoms with van der Waals surface area (Å²) in [6.45, 7) is 4.65. The number of nitrogens with two attached hydrogens (primary N) is 1. The summed E-state index contributed by atoms with van der Waals surface area (Å²) in [7, 11) is 0. The van der Waals surface area contributed by atoms with Crippen LogP contribution in [-0.4, -0.2) is 6.04 Å². The van der Waals surface area contributed by atoms with Crippen molar-refractivity contribution in [1.29, 1.82) is 0 Å². The van der Waals surface area contributed by atoms with Gasteiger partial charge in [0.1, 0.15) is 0 Å². The van der Waals surface area contributed by atoms with Crippen LogP contribution in [0.3, 0.4) is 0 Å². The van der Waals surface area contributed by atoms with E-state index < -0.39 is 0 Å². The smallest absolute Gasteiger partial charge is 0.0244 e. The zero-order valence-electron chi connectivity index (χ0n) is 10.9. The number of nitrogens with one attached hydrogen (secondary N) is 1. The molecule has 0 heterocycles. The Morgan fingerprint density at radius 1 is 1.31 bits per heavy atom. The Morgan fingerprint density at radius 2 is 2.12 bits per heavy atom. The van der Waals surface area contributed by atoms with Crippen molar-refractivity contribution >= 4 is 0 Å². The van der Waals surface area contributed by atoms with Crippen LogP contribution >= 0.6 is 0 Å². The van der Waals surface area contributed by atoms with Crippen molar-refractivity contribution in [1.82, 2.24) is 5.43 Å². The Balaban J connectivity index is 1.85. The van der Waals surface area contributed by atoms with Gasteiger partial charge in [-0.25, -0.2) is 0 Å². The predicted octanol–water partition coefficient (Wildman–Crippen LogP) is 3.08. The first-order chi connectivity index (χ1) is 7.74. The van der Waals surface area contributed by atoms with E-state index in [0.717, 1.165) is 23.7 Å². The van der Waals surface area contributed by atoms with Crippen molar-refractivity contribution in [2.45, 2.75) is 64.8 Å². The van der Waals surface area contributed by atoms with Gasteiger partial charge in [-0.1, -0.05) is 33.1 Å². The molecule has 0 aromatic carbocycles. The van der Waals surface area contributed by atoms with Crippen LogP contribution in [0.15, 0.2) is 0 Å². The highest BCUT2D eigenvalue weighted by molar-refractivity contribution is 4.95. The third-order valence-electron chi connectivity index (χ3n) is 4.96. The fraction of sp³-hybridized carbons (Fsp3) is 1.00. The summed E-state index contributed by atoms with van der Waals surface area (Å²) in [6.07, 6.45) is 9.81. The Bertz CT molecular complexity index is 217. The minimum absolute atomic E-state index is 0.580. The normalized spacial score (nSPS) is 36.6. The molecule has 2 saturated carbocycles. The van der Waals surface area contributed by atoms with Gasteiger partial charge >= 0.3 is 0 Å². The second-order valence-electron chi connectivity index (χ2n) is 6.24. The molecule has 0 spiro atoms. The van der Waals surface area contributed by atoms with Crippen LogP contribution in [0.4, 0.5) is 0 Å². The summed E-state index contributed by atoms with van der Waals surface area (Å²) in [5, 5.41) is 0. The van der Waals surface area contributed by atoms with Crippen molar-refractivity contribution in [3.63, 3.8) is 0 Å². The monoisotopic (exact) mass is 224 g/mol. The summed E-state index contributed by atoms with van der Waals surface area (Å²) >= 11 is 0. The minimum Gasteiger partial charge on any atom is -0.271 e. The van der Waals surface area contributed by atoms with Gasteiger partial charge in [0.05, 0.1) is 0 Å². The van der Waals surface area contributed by atoms with Crippen molar-refractivity contribution in [2.24, 2.45) is 29.5 Å². The zero-order chi connectivity index (χ0) is 11.5. The van der Waals surface area contributed by atoms with E-state index in [4.69, 9.17) is 5.84 Å². The standard InChI is InChI=1S/C14H28N2/c1-3-4-10(2)7-14(16-15)13-9-11-5-6-12(13)8-11/h10-14,16H,3-9,15H2,1-2H3. The van der Waals surface area contributed by atoms with E-state index >= 15 is 0 Å². The fourth-order valence-corrected chi connectivity index (χ4v) is 4.20. The molecule has 2 fully saturated rings. The first-order valence-electron chi connectivity index (χ1n) is 7.20. The molecule has 2 nitrogen and oxygen atoms in total. The molecular weight excluding hydrogens is 196 g/mol. The molecule has 0 aromatic heterocycles. The molecule has 2 bridgehead atoms. The molecule has 0 amide bonds. The van der Waals surface area contributed by atoms with Gasteiger partial charge in [-0.15, -0.1) is 0 Å². The van der Waals surface area contributed by atoms with Crippen molar-refractivity contribution in [3.8, 4) is 0 Å². The molecule has 0 aliphatic heterocycles. The van der Waals surface area contributed by atoms with Gasteiger partial charge in [0.25, 0.3) is 0 Å². The third kappa shape index (κ3) is 2.60. The maximum absolute atomic E-state index is 5.78. The molecule has 5 unspecified atom stereocenters. The number of rotatable bonds is 6. The van der Waals surface area contributed by atoms with Crippen LogP contribution in [0.25, 0.3) is 0 Å². The summed E-state index contributed by atoms with van der Waals surface area (Å²) in [4.78, 5) is 0. The fourth-order valence-electron chi connectivity index (χ4n) is 4.20. The molecular formula is C14H28N2. The van der Waals surface area contributed by atoms with Gasteiger partial charge in [-0.05, 0) is 49.4 Å². The number of hydrogen-bond donors (Lipinski definition) is 2. The van der Waals surface area contributed by atoms with Crippen LogP contribution in [0, 0.1) is 23.7 Å². The van der Waals surface area contributed by atoms with E-state index in [9.17, 15) is 0 Å². The van der Waals surface area contributed by atoms with Crippen LogP contribution in [-0.2, 0) is 0 Å². The molecule has 5 atom stereocenters. The van der Waals surface area contributed by atoms with Gasteiger partial charge in [-0.2, -0.15) is 0 Å². The van der Waals surface area contributed by atoms with E-state index in [0.29, 0.717) is 6.04 Å². The van der Waals surface area contributed by atoms with Crippen LogP contribution < -0.4 is 11.3 Å². The highest BCUT2D eigenvalue weighted by Crippen LogP contribution is 2.50. The van der Waals surface area contributed by atoms with Gasteiger partial charge in [0.15, 0.2) is 0 Å². The molecule has 0 radical (unpaired) electrons. The molecule has 94 valence electrons. The van der Waals surface area contributed by atoms with Crippen molar-refractivity contribution < 1.29 is 0 Å². The van der Waals surface area contributed by atoms with Gasteiger partial charge < -0.3 is 0 Å². The summed E-state index contributed by atoms with van der Waals surface area (Å²) in [6, 6.07) is 0.580. The van der Waals surface area contributed by atoms with E-state index in [-0.39, 0.29) is 0 Å². The summed E-state index contributed by atoms with van der Waals surface area (Å²) < 4.78 is 0. The predicted molar refractivity (Wildman–Crippen MR) is 68.7 cm³/mol. The summed E-state index contributed by atoms with van der Waals surface area (Å²) in [5.74, 6) is 9.50. The lowest BCUT2D eigenvalue weighted by Crippen LogP contribution is -2.43. The lowest BCUT2D eigenvalue weighted by atomic mass is 9.80. The maximum atomic E-state index is 5.78. The highest BCUT2D eigenvalue weighted by Gasteiger charge is 2.42. The zero-order valence-corrected chi connectivity index (χ0v) is 10.9. The molecule has 2 aliphatic carbocycles. The maximum Gasteiger partial charge on any atom is 0.0244 e. The van der Waals surface area contributed by atoms with E-state index in [1.165, 1.54) is 44.9 Å². The van der Waals surface area contributed by atoms with Crippen LogP contribution in [0.5, 0.6) is 0 Å². The quantitative estimate of drug-likeness (QED) is 0.537. The number of hydrogen-bond acceptors (Lipinski definition) is 2. The van der Waals surface area contributed by atoms with Crippen molar-refractivity contribution in [3.05, 3.63) is 0 Å². The van der Waals surface area contributed by atoms with E-state index in [1.54, 1.807) is 0 Å². The summed E-state index contributed by atoms with van der Waals surface area (Å²) in [5.41, 5.74) is 3.12. The SMILES string of the molecule is CCCC(C)CC(NN)C1CC2CCC1C2. The van der Waals surface area contributed by atoms with Gasteiger partial charge in [0.2, 0.25) is 0 Å². The Kier molecular flexibility index (Phi) is 4.26. The Hall–Kier alpha value is -0.0800. The van der Waals surface area contributed by atoms with Crippen LogP contribution in [0.2, 0.25) is 0 Å². The molecule has 2 rings (SSSR count). The third-order valence-corrected chi connectivity index (χ3v) is 4.96. The van der Waals surface area contributed by atoms with Gasteiger partial charge in [0, 0.05) is 6.04 Å². The molecule has 3 N–H and O–H groups in total. The molecule has 2 aliphatic rings. The number of fused-ring (bicyclic) bond motifs is 2. The van der Waals surface area contributed by atoms with Crippen molar-refractivity contribution in [2.75, 3.05) is 0 Å². The first-order valence-corrected chi connectivity index (χ1v) is 7.20. The minimum atomic E-state index is 0.580. The second kappa shape index (κ2) is 5.50. The van der Waals surface area contributed by atoms with E-state index in [2.05, 4.69) is 19.3 Å². The second-order valence-corrected chi connectivity index (χ2v) is 6.24. The topological polar surface area (TPSA) is 38.0 Å². The largest absolute Gasteiger partial charge is 0.271 e. The Morgan fingerprint density at radius 3 is 2.62 bits per heavy atom. The average molecular weight is 224 g/mol. The Labute approximate surface area is 100 Å². The molecule has 0 aromatic rings. The molecule has 0 saturated heterocycles. The molecule has 2 heteroatoms. The van der Waals surface area contributed by atoms with Gasteiger partial charge in [-0.3, -0.25) is 11.3 Å². The average Bonchev–Trinajstić information content (AvgIpc) is 2.87. The molecule has 16 heavy (non-hydrogen) atoms. The lowest BCUT2D eigenvalue weighted by Gasteiger charge is -2.31.